The summed E-state index contributed by atoms with van der Waals surface area (Å²) >= 11 is 10.7. The second-order valence-corrected chi connectivity index (χ2v) is 10.00. The summed E-state index contributed by atoms with van der Waals surface area (Å²) in [5.74, 6) is 6.14. The lowest BCUT2D eigenvalue weighted by Gasteiger charge is -2.19. The van der Waals surface area contributed by atoms with Crippen LogP contribution in [0.25, 0.3) is 0 Å². The van der Waals surface area contributed by atoms with Gasteiger partial charge in [0.2, 0.25) is 0 Å². The quantitative estimate of drug-likeness (QED) is 0.285. The molecular weight excluding hydrogens is 580 g/mol. The molecule has 0 aliphatic heterocycles. The average molecular weight is 603 g/mol. The molecule has 0 spiro atoms. The lowest BCUT2D eigenvalue weighted by Crippen LogP contribution is -2.26. The van der Waals surface area contributed by atoms with Crippen LogP contribution in [0.2, 0.25) is 0 Å². The first-order valence-corrected chi connectivity index (χ1v) is 11.8. The number of hydrogen-bond acceptors (Lipinski definition) is 3. The van der Waals surface area contributed by atoms with Crippen LogP contribution >= 0.6 is 47.8 Å². The minimum Gasteiger partial charge on any atom is -0.488 e. The number of benzene rings is 1. The zero-order chi connectivity index (χ0) is 22.1. The highest BCUT2D eigenvalue weighted by Crippen LogP contribution is 2.33. The number of carboxylic acids is 1. The fourth-order valence-corrected chi connectivity index (χ4v) is 4.75. The lowest BCUT2D eigenvalue weighted by molar-refractivity contribution is -0.149. The number of rotatable bonds is 8. The SMILES string of the molecule is CCO[C@@H](Cc1ccc(OC/C=C(\C)C#CC2(Br)C=CC=C(Br)C2)c(Br)c1)C(=O)O. The summed E-state index contributed by atoms with van der Waals surface area (Å²) < 4.78 is 12.6. The van der Waals surface area contributed by atoms with Crippen molar-refractivity contribution < 1.29 is 19.4 Å². The molecule has 0 aromatic heterocycles. The Bertz CT molecular complexity index is 924. The van der Waals surface area contributed by atoms with Crippen molar-refractivity contribution in [1.82, 2.24) is 0 Å². The highest BCUT2D eigenvalue weighted by Gasteiger charge is 2.23. The molecule has 0 amide bonds. The Morgan fingerprint density at radius 2 is 2.17 bits per heavy atom. The van der Waals surface area contributed by atoms with Crippen molar-refractivity contribution in [2.75, 3.05) is 13.2 Å². The van der Waals surface area contributed by atoms with E-state index in [4.69, 9.17) is 9.47 Å². The molecule has 7 heteroatoms. The third-order valence-corrected chi connectivity index (χ3v) is 6.13. The number of alkyl halides is 1. The highest BCUT2D eigenvalue weighted by molar-refractivity contribution is 9.12. The minimum atomic E-state index is -0.965. The second-order valence-electron chi connectivity index (χ2n) is 6.71. The number of halogens is 3. The molecular formula is C23H23Br3O4. The highest BCUT2D eigenvalue weighted by atomic mass is 79.9. The van der Waals surface area contributed by atoms with Gasteiger partial charge in [-0.3, -0.25) is 0 Å². The summed E-state index contributed by atoms with van der Waals surface area (Å²) in [6.07, 6.45) is 8.18. The molecule has 0 saturated heterocycles. The lowest BCUT2D eigenvalue weighted by atomic mass is 10.0. The largest absolute Gasteiger partial charge is 0.488 e. The van der Waals surface area contributed by atoms with E-state index in [9.17, 15) is 9.90 Å². The van der Waals surface area contributed by atoms with Gasteiger partial charge in [-0.1, -0.05) is 68.0 Å². The minimum absolute atomic E-state index is 0.296. The smallest absolute Gasteiger partial charge is 0.333 e. The number of ether oxygens (including phenoxy) is 2. The van der Waals surface area contributed by atoms with Gasteiger partial charge in [0.1, 0.15) is 16.7 Å². The van der Waals surface area contributed by atoms with Crippen molar-refractivity contribution in [3.05, 3.63) is 62.6 Å². The van der Waals surface area contributed by atoms with Gasteiger partial charge in [0, 0.05) is 19.4 Å². The van der Waals surface area contributed by atoms with Gasteiger partial charge in [-0.2, -0.15) is 0 Å². The number of hydrogen-bond donors (Lipinski definition) is 1. The summed E-state index contributed by atoms with van der Waals surface area (Å²) in [6.45, 7) is 4.46. The molecule has 0 fully saturated rings. The molecule has 4 nitrogen and oxygen atoms in total. The Balaban J connectivity index is 1.95. The van der Waals surface area contributed by atoms with E-state index in [1.165, 1.54) is 0 Å². The zero-order valence-corrected chi connectivity index (χ0v) is 21.5. The van der Waals surface area contributed by atoms with Gasteiger partial charge >= 0.3 is 5.97 Å². The average Bonchev–Trinajstić information content (AvgIpc) is 2.67. The van der Waals surface area contributed by atoms with Crippen LogP contribution < -0.4 is 4.74 Å². The Morgan fingerprint density at radius 1 is 1.40 bits per heavy atom. The summed E-state index contributed by atoms with van der Waals surface area (Å²) in [7, 11) is 0. The Morgan fingerprint density at radius 3 is 2.80 bits per heavy atom. The summed E-state index contributed by atoms with van der Waals surface area (Å²) in [4.78, 5) is 11.3. The normalized spacial score (nSPS) is 19.5. The van der Waals surface area contributed by atoms with Crippen LogP contribution in [0.1, 0.15) is 25.8 Å². The Labute approximate surface area is 202 Å². The maximum absolute atomic E-state index is 11.3. The maximum Gasteiger partial charge on any atom is 0.333 e. The summed E-state index contributed by atoms with van der Waals surface area (Å²) in [5.41, 5.74) is 1.78. The van der Waals surface area contributed by atoms with Crippen molar-refractivity contribution in [2.45, 2.75) is 37.1 Å². The molecule has 2 rings (SSSR count). The van der Waals surface area contributed by atoms with Crippen LogP contribution in [0.3, 0.4) is 0 Å². The third-order valence-electron chi connectivity index (χ3n) is 4.22. The van der Waals surface area contributed by atoms with Crippen molar-refractivity contribution in [2.24, 2.45) is 0 Å². The predicted octanol–water partition coefficient (Wildman–Crippen LogP) is 6.18. The first kappa shape index (κ1) is 24.9. The van der Waals surface area contributed by atoms with Crippen LogP contribution in [0.5, 0.6) is 5.75 Å². The van der Waals surface area contributed by atoms with Crippen molar-refractivity contribution >= 4 is 53.8 Å². The van der Waals surface area contributed by atoms with E-state index < -0.39 is 12.1 Å². The summed E-state index contributed by atoms with van der Waals surface area (Å²) in [6, 6.07) is 5.53. The number of allylic oxidation sites excluding steroid dienone is 5. The first-order chi connectivity index (χ1) is 14.2. The molecule has 0 saturated carbocycles. The van der Waals surface area contributed by atoms with Crippen molar-refractivity contribution in [1.29, 1.82) is 0 Å². The Kier molecular flexibility index (Phi) is 9.89. The van der Waals surface area contributed by atoms with Gasteiger partial charge in [0.15, 0.2) is 6.10 Å². The predicted molar refractivity (Wildman–Crippen MR) is 130 cm³/mol. The standard InChI is InChI=1S/C23H23Br3O4/c1-3-29-21(22(27)28)14-17-6-7-20(19(25)13-17)30-12-9-16(2)8-11-23(26)10-4-5-18(24)15-23/h4-7,9-10,13,21H,3,12,14-15H2,1-2H3,(H,27,28)/b16-9+/t21-,23?/m0/s1. The second kappa shape index (κ2) is 11.9. The zero-order valence-electron chi connectivity index (χ0n) is 16.8. The van der Waals surface area contributed by atoms with Gasteiger partial charge in [0.05, 0.1) is 4.47 Å². The van der Waals surface area contributed by atoms with E-state index in [0.29, 0.717) is 25.4 Å². The van der Waals surface area contributed by atoms with Crippen LogP contribution in [0.4, 0.5) is 0 Å². The number of carbonyl (C=O) groups is 1. The van der Waals surface area contributed by atoms with Crippen molar-refractivity contribution in [3.63, 3.8) is 0 Å². The molecule has 30 heavy (non-hydrogen) atoms. The van der Waals surface area contributed by atoms with E-state index in [0.717, 1.165) is 26.5 Å². The van der Waals surface area contributed by atoms with E-state index in [1.807, 2.05) is 49.4 Å². The molecule has 2 atom stereocenters. The molecule has 160 valence electrons. The van der Waals surface area contributed by atoms with E-state index in [-0.39, 0.29) is 4.32 Å². The van der Waals surface area contributed by atoms with Gasteiger partial charge in [-0.25, -0.2) is 4.79 Å². The molecule has 0 heterocycles. The summed E-state index contributed by atoms with van der Waals surface area (Å²) in [5, 5.41) is 9.22. The molecule has 0 bridgehead atoms. The third kappa shape index (κ3) is 8.07. The van der Waals surface area contributed by atoms with Gasteiger partial charge in [-0.05, 0) is 63.6 Å². The van der Waals surface area contributed by atoms with E-state index in [1.54, 1.807) is 6.92 Å². The number of aliphatic carboxylic acids is 1. The molecule has 1 unspecified atom stereocenters. The van der Waals surface area contributed by atoms with Crippen LogP contribution in [0.15, 0.2) is 57.0 Å². The van der Waals surface area contributed by atoms with Crippen LogP contribution in [-0.2, 0) is 16.0 Å². The van der Waals surface area contributed by atoms with E-state index >= 15 is 0 Å². The monoisotopic (exact) mass is 600 g/mol. The van der Waals surface area contributed by atoms with Gasteiger partial charge in [-0.15, -0.1) is 0 Å². The maximum atomic E-state index is 11.3. The Hall–Kier alpha value is -1.33. The van der Waals surface area contributed by atoms with Crippen molar-refractivity contribution in [3.8, 4) is 17.6 Å². The molecule has 1 aliphatic carbocycles. The van der Waals surface area contributed by atoms with Crippen LogP contribution in [-0.4, -0.2) is 34.7 Å². The fraction of sp³-hybridized carbons (Fsp3) is 0.348. The van der Waals surface area contributed by atoms with Crippen LogP contribution in [0, 0.1) is 11.8 Å². The first-order valence-electron chi connectivity index (χ1n) is 9.41. The number of carboxylic acid groups (broad SMARTS) is 1. The van der Waals surface area contributed by atoms with E-state index in [2.05, 4.69) is 59.6 Å². The molecule has 1 N–H and O–H groups in total. The van der Waals surface area contributed by atoms with Gasteiger partial charge < -0.3 is 14.6 Å². The molecule has 1 aliphatic rings. The molecule has 1 aromatic rings. The topological polar surface area (TPSA) is 55.8 Å². The fourth-order valence-electron chi connectivity index (χ4n) is 2.69. The van der Waals surface area contributed by atoms with Gasteiger partial charge in [0.25, 0.3) is 0 Å². The molecule has 0 radical (unpaired) electrons. The molecule has 1 aromatic carbocycles.